The Bertz CT molecular complexity index is 1280. The molecule has 2 fully saturated rings. The molecule has 1 aliphatic carbocycles. The van der Waals surface area contributed by atoms with E-state index < -0.39 is 40.8 Å². The fourth-order valence-electron chi connectivity index (χ4n) is 5.75. The maximum atomic E-state index is 14.5. The van der Waals surface area contributed by atoms with Gasteiger partial charge in [0.1, 0.15) is 35.2 Å². The highest BCUT2D eigenvalue weighted by Crippen LogP contribution is 2.42. The molecule has 45 heavy (non-hydrogen) atoms. The molecule has 0 bridgehead atoms. The molecule has 2 aliphatic rings. The van der Waals surface area contributed by atoms with E-state index >= 15 is 0 Å². The molecule has 2 amide bonds. The largest absolute Gasteiger partial charge is 0.491 e. The van der Waals surface area contributed by atoms with Crippen molar-refractivity contribution in [3.05, 3.63) is 64.7 Å². The van der Waals surface area contributed by atoms with Crippen LogP contribution in [0.5, 0.6) is 5.75 Å². The number of amides is 2. The van der Waals surface area contributed by atoms with E-state index in [0.717, 1.165) is 55.0 Å². The number of carbonyl (C=O) groups is 2. The normalized spacial score (nSPS) is 20.2. The molecule has 0 radical (unpaired) electrons. The molecule has 0 spiro atoms. The van der Waals surface area contributed by atoms with Crippen LogP contribution in [0, 0.1) is 17.6 Å². The number of rotatable bonds is 13. The Balaban J connectivity index is 1.67. The highest BCUT2D eigenvalue weighted by molar-refractivity contribution is 5.82. The Morgan fingerprint density at radius 3 is 2.27 bits per heavy atom. The van der Waals surface area contributed by atoms with Crippen molar-refractivity contribution in [3.63, 3.8) is 0 Å². The van der Waals surface area contributed by atoms with Crippen LogP contribution in [-0.4, -0.2) is 85.7 Å². The monoisotopic (exact) mass is 632 g/mol. The van der Waals surface area contributed by atoms with Crippen LogP contribution in [0.25, 0.3) is 0 Å². The average molecular weight is 633 g/mol. The van der Waals surface area contributed by atoms with Gasteiger partial charge in [0.15, 0.2) is 0 Å². The number of halogens is 2. The molecule has 1 saturated carbocycles. The third kappa shape index (κ3) is 9.37. The molecule has 0 unspecified atom stereocenters. The Hall–Kier alpha value is -3.28. The molecule has 1 saturated heterocycles. The minimum atomic E-state index is -1.91. The van der Waals surface area contributed by atoms with Crippen molar-refractivity contribution in [1.29, 1.82) is 0 Å². The van der Waals surface area contributed by atoms with Gasteiger partial charge in [-0.2, -0.15) is 0 Å². The molecule has 9 nitrogen and oxygen atoms in total. The Morgan fingerprint density at radius 2 is 1.64 bits per heavy atom. The van der Waals surface area contributed by atoms with E-state index in [-0.39, 0.29) is 37.7 Å². The van der Waals surface area contributed by atoms with E-state index in [2.05, 4.69) is 0 Å². The molecule has 0 aromatic heterocycles. The number of likely N-dealkylation sites (tertiary alicyclic amines) is 1. The third-order valence-electron chi connectivity index (χ3n) is 8.07. The first-order chi connectivity index (χ1) is 21.3. The lowest BCUT2D eigenvalue weighted by atomic mass is 9.75. The van der Waals surface area contributed by atoms with Crippen molar-refractivity contribution in [2.45, 2.75) is 76.7 Å². The quantitative estimate of drug-likeness (QED) is 0.303. The summed E-state index contributed by atoms with van der Waals surface area (Å²) in [6.07, 6.45) is 2.40. The van der Waals surface area contributed by atoms with Gasteiger partial charge < -0.3 is 33.9 Å². The van der Waals surface area contributed by atoms with Crippen LogP contribution in [0.2, 0.25) is 0 Å². The summed E-state index contributed by atoms with van der Waals surface area (Å²) in [5.74, 6) is -2.65. The maximum absolute atomic E-state index is 14.5. The van der Waals surface area contributed by atoms with Crippen molar-refractivity contribution in [3.8, 4) is 5.75 Å². The molecule has 1 aliphatic heterocycles. The zero-order chi connectivity index (χ0) is 32.8. The van der Waals surface area contributed by atoms with E-state index in [1.165, 1.54) is 4.90 Å². The third-order valence-corrected chi connectivity index (χ3v) is 8.07. The summed E-state index contributed by atoms with van der Waals surface area (Å²) >= 11 is 0. The van der Waals surface area contributed by atoms with Gasteiger partial charge in [0.05, 0.1) is 12.5 Å². The Kier molecular flexibility index (Phi) is 11.4. The fourth-order valence-corrected chi connectivity index (χ4v) is 5.75. The number of ether oxygens (including phenoxy) is 4. The molecular weight excluding hydrogens is 586 g/mol. The summed E-state index contributed by atoms with van der Waals surface area (Å²) in [6, 6.07) is 8.65. The zero-order valence-electron chi connectivity index (χ0n) is 26.9. The number of aryl methyl sites for hydroxylation is 1. The number of aliphatic hydroxyl groups is 1. The van der Waals surface area contributed by atoms with Gasteiger partial charge in [0.25, 0.3) is 0 Å². The smallest absolute Gasteiger partial charge is 0.410 e. The van der Waals surface area contributed by atoms with Crippen LogP contribution in [0.4, 0.5) is 13.6 Å². The van der Waals surface area contributed by atoms with Gasteiger partial charge in [-0.25, -0.2) is 13.6 Å². The molecule has 1 heterocycles. The minimum Gasteiger partial charge on any atom is -0.491 e. The molecule has 1 N–H and O–H groups in total. The highest BCUT2D eigenvalue weighted by Gasteiger charge is 2.51. The first kappa shape index (κ1) is 34.6. The molecule has 2 atom stereocenters. The number of methoxy groups -OCH3 is 2. The van der Waals surface area contributed by atoms with Gasteiger partial charge in [-0.1, -0.05) is 6.07 Å². The topological polar surface area (TPSA) is 97.8 Å². The number of benzene rings is 2. The van der Waals surface area contributed by atoms with E-state index in [1.807, 2.05) is 18.2 Å². The Labute approximate surface area is 264 Å². The van der Waals surface area contributed by atoms with Crippen LogP contribution >= 0.6 is 0 Å². The molecule has 248 valence electrons. The SMILES string of the molecule is COCCCc1cc(CN(C(=O)[C@H]2CN(C(=O)OC(C)(C)C)CC[C@]2(O)c2cc(F)cc(F)c2)C2CC2)cc(OCCOC)c1. The van der Waals surface area contributed by atoms with Crippen molar-refractivity contribution in [1.82, 2.24) is 9.80 Å². The standard InChI is InChI=1S/C34H46F2N2O7/c1-33(2,3)45-32(40)37-11-10-34(41,25-18-26(35)20-27(36)19-25)30(22-37)31(39)38(28-8-9-28)21-24-15-23(7-6-12-42-4)16-29(17-24)44-14-13-43-5/h15-20,28,30,41H,6-14,21-22H2,1-5H3/t30-,34+/m1/s1. The molecule has 4 rings (SSSR count). The zero-order valence-corrected chi connectivity index (χ0v) is 26.9. The fraction of sp³-hybridized carbons (Fsp3) is 0.588. The molecular formula is C34H46F2N2O7. The second-order valence-electron chi connectivity index (χ2n) is 12.9. The van der Waals surface area contributed by atoms with Gasteiger partial charge in [-0.05, 0) is 93.8 Å². The van der Waals surface area contributed by atoms with Crippen molar-refractivity contribution in [2.24, 2.45) is 5.92 Å². The van der Waals surface area contributed by atoms with Gasteiger partial charge >= 0.3 is 6.09 Å². The summed E-state index contributed by atoms with van der Waals surface area (Å²) < 4.78 is 50.6. The van der Waals surface area contributed by atoms with Crippen molar-refractivity contribution in [2.75, 3.05) is 47.1 Å². The first-order valence-corrected chi connectivity index (χ1v) is 15.5. The lowest BCUT2D eigenvalue weighted by Gasteiger charge is -2.45. The second kappa shape index (κ2) is 14.9. The number of piperidine rings is 1. The molecule has 2 aromatic carbocycles. The van der Waals surface area contributed by atoms with Gasteiger partial charge in [-0.15, -0.1) is 0 Å². The van der Waals surface area contributed by atoms with E-state index in [0.29, 0.717) is 25.6 Å². The Morgan fingerprint density at radius 1 is 0.978 bits per heavy atom. The summed E-state index contributed by atoms with van der Waals surface area (Å²) in [4.78, 5) is 30.7. The number of nitrogens with zero attached hydrogens (tertiary/aromatic N) is 2. The van der Waals surface area contributed by atoms with Gasteiger partial charge in [0, 0.05) is 52.6 Å². The predicted octanol–water partition coefficient (Wildman–Crippen LogP) is 5.20. The minimum absolute atomic E-state index is 0.0353. The average Bonchev–Trinajstić information content (AvgIpc) is 3.80. The van der Waals surface area contributed by atoms with Crippen LogP contribution in [0.3, 0.4) is 0 Å². The van der Waals surface area contributed by atoms with Gasteiger partial charge in [0.2, 0.25) is 5.91 Å². The number of hydrogen-bond donors (Lipinski definition) is 1. The van der Waals surface area contributed by atoms with Crippen LogP contribution in [-0.2, 0) is 37.6 Å². The summed E-state index contributed by atoms with van der Waals surface area (Å²) in [6.45, 7) is 6.73. The summed E-state index contributed by atoms with van der Waals surface area (Å²) in [5.41, 5.74) is -0.847. The van der Waals surface area contributed by atoms with Crippen LogP contribution < -0.4 is 4.74 Å². The summed E-state index contributed by atoms with van der Waals surface area (Å²) in [5, 5.41) is 12.1. The van der Waals surface area contributed by atoms with Crippen molar-refractivity contribution >= 4 is 12.0 Å². The lowest BCUT2D eigenvalue weighted by molar-refractivity contribution is -0.155. The van der Waals surface area contributed by atoms with Crippen LogP contribution in [0.1, 0.15) is 63.1 Å². The number of carbonyl (C=O) groups excluding carboxylic acids is 2. The van der Waals surface area contributed by atoms with E-state index in [4.69, 9.17) is 18.9 Å². The second-order valence-corrected chi connectivity index (χ2v) is 12.9. The summed E-state index contributed by atoms with van der Waals surface area (Å²) in [7, 11) is 3.26. The van der Waals surface area contributed by atoms with Gasteiger partial charge in [-0.3, -0.25) is 4.79 Å². The lowest BCUT2D eigenvalue weighted by Crippen LogP contribution is -2.58. The van der Waals surface area contributed by atoms with Crippen LogP contribution in [0.15, 0.2) is 36.4 Å². The predicted molar refractivity (Wildman–Crippen MR) is 164 cm³/mol. The maximum Gasteiger partial charge on any atom is 0.410 e. The highest BCUT2D eigenvalue weighted by atomic mass is 19.1. The first-order valence-electron chi connectivity index (χ1n) is 15.5. The van der Waals surface area contributed by atoms with E-state index in [9.17, 15) is 23.5 Å². The number of hydrogen-bond acceptors (Lipinski definition) is 7. The van der Waals surface area contributed by atoms with E-state index in [1.54, 1.807) is 39.9 Å². The molecule has 11 heteroatoms. The van der Waals surface area contributed by atoms with Crippen molar-refractivity contribution < 1.29 is 42.4 Å². The molecule has 2 aromatic rings.